The van der Waals surface area contributed by atoms with Crippen LogP contribution in [0, 0.1) is 5.92 Å². The van der Waals surface area contributed by atoms with E-state index in [4.69, 9.17) is 0 Å². The van der Waals surface area contributed by atoms with Crippen LogP contribution in [0.2, 0.25) is 0 Å². The number of likely N-dealkylation sites (tertiary alicyclic amines) is 1. The van der Waals surface area contributed by atoms with Gasteiger partial charge in [-0.2, -0.15) is 0 Å². The molecule has 0 N–H and O–H groups in total. The lowest BCUT2D eigenvalue weighted by Gasteiger charge is -2.31. The Kier molecular flexibility index (Phi) is 4.52. The van der Waals surface area contributed by atoms with Crippen molar-refractivity contribution in [2.24, 2.45) is 5.92 Å². The summed E-state index contributed by atoms with van der Waals surface area (Å²) in [6.45, 7) is 6.05. The van der Waals surface area contributed by atoms with Crippen LogP contribution in [0.5, 0.6) is 0 Å². The van der Waals surface area contributed by atoms with E-state index in [-0.39, 0.29) is 5.91 Å². The zero-order valence-electron chi connectivity index (χ0n) is 13.2. The van der Waals surface area contributed by atoms with Crippen LogP contribution >= 0.6 is 15.9 Å². The van der Waals surface area contributed by atoms with Gasteiger partial charge in [0, 0.05) is 23.8 Å². The number of amides is 1. The Labute approximate surface area is 139 Å². The molecule has 1 atom stereocenters. The van der Waals surface area contributed by atoms with Crippen LogP contribution in [0.3, 0.4) is 0 Å². The van der Waals surface area contributed by atoms with E-state index in [1.807, 2.05) is 27.6 Å². The first-order chi connectivity index (χ1) is 10.6. The molecule has 3 rings (SSSR count). The average Bonchev–Trinajstić information content (AvgIpc) is 2.84. The molecule has 1 aliphatic rings. The zero-order valence-corrected chi connectivity index (χ0v) is 14.8. The van der Waals surface area contributed by atoms with Gasteiger partial charge in [0.15, 0.2) is 0 Å². The topological polar surface area (TPSA) is 37.6 Å². The molecule has 1 aliphatic heterocycles. The number of nitrogens with zero attached hydrogens (tertiary/aromatic N) is 3. The summed E-state index contributed by atoms with van der Waals surface area (Å²) in [5, 5.41) is 0. The number of hydrogen-bond donors (Lipinski definition) is 0. The van der Waals surface area contributed by atoms with Crippen LogP contribution in [0.25, 0.3) is 5.65 Å². The van der Waals surface area contributed by atoms with Gasteiger partial charge in [0.05, 0.1) is 5.69 Å². The van der Waals surface area contributed by atoms with E-state index in [0.29, 0.717) is 5.92 Å². The number of halogens is 1. The molecule has 0 aliphatic carbocycles. The maximum atomic E-state index is 13.1. The number of hydrogen-bond acceptors (Lipinski definition) is 2. The number of pyridine rings is 1. The van der Waals surface area contributed by atoms with Gasteiger partial charge in [0.1, 0.15) is 11.3 Å². The molecule has 0 bridgehead atoms. The molecule has 1 amide bonds. The second kappa shape index (κ2) is 6.41. The van der Waals surface area contributed by atoms with Gasteiger partial charge < -0.3 is 4.90 Å². The Bertz CT molecular complexity index is 695. The Balaban J connectivity index is 2.04. The van der Waals surface area contributed by atoms with Crippen LogP contribution in [0.1, 0.15) is 49.3 Å². The van der Waals surface area contributed by atoms with Crippen molar-refractivity contribution in [1.82, 2.24) is 14.3 Å². The molecule has 4 nitrogen and oxygen atoms in total. The normalized spacial score (nSPS) is 18.9. The molecule has 0 radical (unpaired) electrons. The molecule has 5 heteroatoms. The van der Waals surface area contributed by atoms with Crippen LogP contribution in [-0.4, -0.2) is 33.3 Å². The summed E-state index contributed by atoms with van der Waals surface area (Å²) >= 11 is 3.50. The highest BCUT2D eigenvalue weighted by Crippen LogP contribution is 2.23. The molecule has 0 aromatic carbocycles. The monoisotopic (exact) mass is 363 g/mol. The average molecular weight is 364 g/mol. The van der Waals surface area contributed by atoms with Crippen molar-refractivity contribution in [1.29, 1.82) is 0 Å². The van der Waals surface area contributed by atoms with E-state index in [0.717, 1.165) is 53.9 Å². The fourth-order valence-corrected chi connectivity index (χ4v) is 3.57. The van der Waals surface area contributed by atoms with E-state index in [1.165, 1.54) is 6.42 Å². The Morgan fingerprint density at radius 2 is 2.27 bits per heavy atom. The van der Waals surface area contributed by atoms with Crippen LogP contribution in [0.4, 0.5) is 0 Å². The largest absolute Gasteiger partial charge is 0.337 e. The number of fused-ring (bicyclic) bond motifs is 1. The first-order valence-electron chi connectivity index (χ1n) is 8.06. The minimum atomic E-state index is 0.126. The van der Waals surface area contributed by atoms with Gasteiger partial charge in [-0.1, -0.05) is 20.3 Å². The van der Waals surface area contributed by atoms with Crippen LogP contribution in [0.15, 0.2) is 22.8 Å². The molecule has 0 saturated carbocycles. The molecule has 1 fully saturated rings. The maximum absolute atomic E-state index is 13.1. The fraction of sp³-hybridized carbons (Fsp3) is 0.529. The van der Waals surface area contributed by atoms with Gasteiger partial charge >= 0.3 is 0 Å². The molecule has 2 aromatic rings. The first-order valence-corrected chi connectivity index (χ1v) is 8.85. The van der Waals surface area contributed by atoms with Crippen molar-refractivity contribution in [3.63, 3.8) is 0 Å². The predicted octanol–water partition coefficient (Wildman–Crippen LogP) is 3.92. The fourth-order valence-electron chi connectivity index (χ4n) is 3.23. The molecule has 2 aromatic heterocycles. The molecule has 0 spiro atoms. The van der Waals surface area contributed by atoms with Gasteiger partial charge in [-0.25, -0.2) is 4.98 Å². The SMILES string of the molecule is CCCc1nc2ccc(Br)cn2c1C(=O)N1CCCC(C)C1. The summed E-state index contributed by atoms with van der Waals surface area (Å²) in [6, 6.07) is 3.92. The number of imidazole rings is 1. The molecular weight excluding hydrogens is 342 g/mol. The van der Waals surface area contributed by atoms with Gasteiger partial charge in [-0.05, 0) is 53.2 Å². The van der Waals surface area contributed by atoms with Crippen molar-refractivity contribution in [3.8, 4) is 0 Å². The highest BCUT2D eigenvalue weighted by molar-refractivity contribution is 9.10. The number of aromatic nitrogens is 2. The van der Waals surface area contributed by atoms with Crippen molar-refractivity contribution in [3.05, 3.63) is 34.2 Å². The maximum Gasteiger partial charge on any atom is 0.272 e. The molecule has 1 saturated heterocycles. The minimum Gasteiger partial charge on any atom is -0.337 e. The second-order valence-corrected chi connectivity index (χ2v) is 7.15. The molecule has 3 heterocycles. The summed E-state index contributed by atoms with van der Waals surface area (Å²) < 4.78 is 2.90. The van der Waals surface area contributed by atoms with E-state index in [9.17, 15) is 4.79 Å². The summed E-state index contributed by atoms with van der Waals surface area (Å²) in [6.07, 6.45) is 6.08. The van der Waals surface area contributed by atoms with Crippen molar-refractivity contribution < 1.29 is 4.79 Å². The summed E-state index contributed by atoms with van der Waals surface area (Å²) in [4.78, 5) is 19.7. The highest BCUT2D eigenvalue weighted by atomic mass is 79.9. The standard InChI is InChI=1S/C17H22BrN3O/c1-3-5-14-16(17(22)20-9-4-6-12(2)10-20)21-11-13(18)7-8-15(21)19-14/h7-8,11-12H,3-6,9-10H2,1-2H3. The Hall–Kier alpha value is -1.36. The summed E-state index contributed by atoms with van der Waals surface area (Å²) in [5.74, 6) is 0.707. The number of carbonyl (C=O) groups excluding carboxylic acids is 1. The van der Waals surface area contributed by atoms with E-state index < -0.39 is 0 Å². The first kappa shape index (κ1) is 15.5. The molecular formula is C17H22BrN3O. The van der Waals surface area contributed by atoms with Gasteiger partial charge in [0.2, 0.25) is 0 Å². The number of rotatable bonds is 3. The van der Waals surface area contributed by atoms with Crippen molar-refractivity contribution >= 4 is 27.5 Å². The van der Waals surface area contributed by atoms with Gasteiger partial charge in [-0.3, -0.25) is 9.20 Å². The van der Waals surface area contributed by atoms with Gasteiger partial charge in [-0.15, -0.1) is 0 Å². The van der Waals surface area contributed by atoms with E-state index in [2.05, 4.69) is 34.8 Å². The Morgan fingerprint density at radius 1 is 1.45 bits per heavy atom. The second-order valence-electron chi connectivity index (χ2n) is 6.23. The summed E-state index contributed by atoms with van der Waals surface area (Å²) in [7, 11) is 0. The smallest absolute Gasteiger partial charge is 0.272 e. The number of piperidine rings is 1. The molecule has 22 heavy (non-hydrogen) atoms. The van der Waals surface area contributed by atoms with Crippen molar-refractivity contribution in [2.75, 3.05) is 13.1 Å². The lowest BCUT2D eigenvalue weighted by Crippen LogP contribution is -2.40. The van der Waals surface area contributed by atoms with E-state index in [1.54, 1.807) is 0 Å². The predicted molar refractivity (Wildman–Crippen MR) is 91.2 cm³/mol. The third-order valence-electron chi connectivity index (χ3n) is 4.29. The third-order valence-corrected chi connectivity index (χ3v) is 4.76. The number of carbonyl (C=O) groups is 1. The van der Waals surface area contributed by atoms with Crippen molar-refractivity contribution in [2.45, 2.75) is 39.5 Å². The molecule has 118 valence electrons. The van der Waals surface area contributed by atoms with Gasteiger partial charge in [0.25, 0.3) is 5.91 Å². The quantitative estimate of drug-likeness (QED) is 0.828. The van der Waals surface area contributed by atoms with Crippen LogP contribution in [-0.2, 0) is 6.42 Å². The van der Waals surface area contributed by atoms with Crippen LogP contribution < -0.4 is 0 Å². The lowest BCUT2D eigenvalue weighted by molar-refractivity contribution is 0.0674. The summed E-state index contributed by atoms with van der Waals surface area (Å²) in [5.41, 5.74) is 2.51. The zero-order chi connectivity index (χ0) is 15.7. The highest BCUT2D eigenvalue weighted by Gasteiger charge is 2.27. The number of aryl methyl sites for hydroxylation is 1. The minimum absolute atomic E-state index is 0.126. The van der Waals surface area contributed by atoms with E-state index >= 15 is 0 Å². The molecule has 1 unspecified atom stereocenters. The lowest BCUT2D eigenvalue weighted by atomic mass is 10.00. The third kappa shape index (κ3) is 2.91. The Morgan fingerprint density at radius 3 is 3.00 bits per heavy atom.